The number of rotatable bonds is 0. The third-order valence-electron chi connectivity index (χ3n) is 26.9. The average Bonchev–Trinajstić information content (AvgIpc) is 0.837. The first-order valence-corrected chi connectivity index (χ1v) is 51.6. The van der Waals surface area contributed by atoms with Crippen molar-refractivity contribution in [3.8, 4) is 23.0 Å². The van der Waals surface area contributed by atoms with Crippen LogP contribution in [0.4, 0.5) is 102 Å². The normalized spacial score (nSPS) is 12.5. The average molecular weight is 1920 g/mol. The van der Waals surface area contributed by atoms with E-state index in [1.54, 1.807) is 0 Å². The van der Waals surface area contributed by atoms with Crippen LogP contribution in [0.15, 0.2) is 347 Å². The Morgan fingerprint density at radius 2 is 0.312 bits per heavy atom. The molecule has 0 bridgehead atoms. The summed E-state index contributed by atoms with van der Waals surface area (Å²) in [4.78, 5) is 5.26. The van der Waals surface area contributed by atoms with Gasteiger partial charge in [0.2, 0.25) is 0 Å². The second kappa shape index (κ2) is 42.7. The van der Waals surface area contributed by atoms with Crippen molar-refractivity contribution in [1.29, 1.82) is 0 Å². The summed E-state index contributed by atoms with van der Waals surface area (Å²) >= 11 is 3.69. The van der Waals surface area contributed by atoms with E-state index in [0.717, 1.165) is 77.9 Å². The molecule has 0 spiro atoms. The van der Waals surface area contributed by atoms with Crippen molar-refractivity contribution < 1.29 is 9.47 Å². The third-order valence-corrected chi connectivity index (χ3v) is 29.2. The van der Waals surface area contributed by atoms with E-state index >= 15 is 0 Å². The zero-order chi connectivity index (χ0) is 100. The van der Waals surface area contributed by atoms with Gasteiger partial charge in [0.25, 0.3) is 0 Å². The number of hydrogen-bond acceptors (Lipinski definition) is 13. The lowest BCUT2D eigenvalue weighted by atomic mass is 9.95. The number of hydrogen-bond donors (Lipinski definition) is 9. The molecule has 144 heavy (non-hydrogen) atoms. The van der Waals surface area contributed by atoms with Crippen LogP contribution in [0.3, 0.4) is 0 Å². The standard InChI is InChI=1S/5C15H15N.2C14H13NO.2C14H13NS/c2*1-10-4-6-14-13(7-10)9-12-5-3-11(2)8-15(12)16-14;3*1-10-3-5-14-12(7-10)9-13-8-11(2)4-6-15(13)16-14;1-9-4-6-13-12(7-9)15-11-5-3-10(2)8-14(11)16-13;1-9-3-5-11-13(7-9)16-14-8-10(2)4-6-12(14)15-11;1-9-4-6-13-12(7-9)15-11-5-3-10(2)8-14(11)16-13;1-9-3-5-11-13(7-9)16-14-8-10(2)4-6-12(14)15-11/h5*3-8,16H,9H2,1-2H3;4*3-8,15H,1-2H3. The summed E-state index contributed by atoms with van der Waals surface area (Å²) in [5, 5.41) is 31.2. The number of nitrogens with one attached hydrogen (secondary N) is 9. The van der Waals surface area contributed by atoms with Crippen LogP contribution in [-0.2, 0) is 32.1 Å². The maximum absolute atomic E-state index is 5.88. The summed E-state index contributed by atoms with van der Waals surface area (Å²) < 4.78 is 11.7. The van der Waals surface area contributed by atoms with Crippen LogP contribution in [0.2, 0.25) is 0 Å². The number of aryl methyl sites for hydroxylation is 18. The molecule has 9 aliphatic rings. The molecule has 27 rings (SSSR count). The van der Waals surface area contributed by atoms with E-state index in [-0.39, 0.29) is 0 Å². The quantitative estimate of drug-likeness (QED) is 0.0716. The zero-order valence-electron chi connectivity index (χ0n) is 85.8. The van der Waals surface area contributed by atoms with Crippen LogP contribution >= 0.6 is 23.5 Å². The summed E-state index contributed by atoms with van der Waals surface area (Å²) in [6.07, 6.45) is 5.21. The molecule has 0 atom stereocenters. The summed E-state index contributed by atoms with van der Waals surface area (Å²) in [5.41, 5.74) is 58.8. The molecule has 9 N–H and O–H groups in total. The smallest absolute Gasteiger partial charge is 0.151 e. The molecule has 0 saturated heterocycles. The lowest BCUT2D eigenvalue weighted by Gasteiger charge is -2.22. The summed E-state index contributed by atoms with van der Waals surface area (Å²) in [6.45, 7) is 38.2. The van der Waals surface area contributed by atoms with Crippen molar-refractivity contribution in [2.45, 2.75) is 176 Å². The molecule has 720 valence electrons. The minimum absolute atomic E-state index is 0.892. The second-order valence-corrected chi connectivity index (χ2v) is 42.2. The fourth-order valence-electron chi connectivity index (χ4n) is 19.2. The highest BCUT2D eigenvalue weighted by Crippen LogP contribution is 2.50. The second-order valence-electron chi connectivity index (χ2n) is 40.0. The van der Waals surface area contributed by atoms with Crippen molar-refractivity contribution in [1.82, 2.24) is 0 Å². The van der Waals surface area contributed by atoms with Gasteiger partial charge in [-0.2, -0.15) is 0 Å². The fraction of sp³-hybridized carbons (Fsp3) is 0.176. The Labute approximate surface area is 859 Å². The topological polar surface area (TPSA) is 127 Å². The molecule has 9 heterocycles. The number of ether oxygens (including phenoxy) is 2. The Bertz CT molecular complexity index is 6500. The van der Waals surface area contributed by atoms with Gasteiger partial charge >= 0.3 is 0 Å². The Hall–Kier alpha value is -15.5. The molecule has 0 aliphatic carbocycles. The van der Waals surface area contributed by atoms with E-state index in [4.69, 9.17) is 9.47 Å². The summed E-state index contributed by atoms with van der Waals surface area (Å²) in [5.74, 6) is 3.59. The molecule has 0 amide bonds. The van der Waals surface area contributed by atoms with Gasteiger partial charge in [-0.3, -0.25) is 0 Å². The van der Waals surface area contributed by atoms with E-state index in [2.05, 4.69) is 464 Å². The molecule has 0 unspecified atom stereocenters. The van der Waals surface area contributed by atoms with Gasteiger partial charge in [-0.1, -0.05) is 238 Å². The molecule has 13 heteroatoms. The molecule has 0 fully saturated rings. The highest BCUT2D eigenvalue weighted by Gasteiger charge is 2.25. The fourth-order valence-corrected chi connectivity index (χ4v) is 21.5. The lowest BCUT2D eigenvalue weighted by molar-refractivity contribution is 0.480. The van der Waals surface area contributed by atoms with Gasteiger partial charge in [-0.15, -0.1) is 0 Å². The largest absolute Gasteiger partial charge is 0.453 e. The first kappa shape index (κ1) is 97.3. The van der Waals surface area contributed by atoms with Gasteiger partial charge < -0.3 is 57.3 Å². The first-order chi connectivity index (χ1) is 69.5. The van der Waals surface area contributed by atoms with E-state index in [1.807, 2.05) is 59.9 Å². The zero-order valence-corrected chi connectivity index (χ0v) is 87.5. The molecule has 11 nitrogen and oxygen atoms in total. The molecule has 0 aromatic heterocycles. The minimum atomic E-state index is 0.892. The maximum Gasteiger partial charge on any atom is 0.151 e. The predicted molar refractivity (Wildman–Crippen MR) is 613 cm³/mol. The van der Waals surface area contributed by atoms with E-state index in [1.165, 1.54) is 255 Å². The van der Waals surface area contributed by atoms with Gasteiger partial charge in [-0.05, 0) is 394 Å². The molecule has 0 radical (unpaired) electrons. The Morgan fingerprint density at radius 1 is 0.132 bits per heavy atom. The first-order valence-electron chi connectivity index (χ1n) is 50.0. The van der Waals surface area contributed by atoms with Gasteiger partial charge in [0.15, 0.2) is 23.0 Å². The van der Waals surface area contributed by atoms with Gasteiger partial charge in [-0.25, -0.2) is 0 Å². The van der Waals surface area contributed by atoms with E-state index in [0.29, 0.717) is 0 Å². The minimum Gasteiger partial charge on any atom is -0.453 e. The number of benzene rings is 18. The van der Waals surface area contributed by atoms with Crippen LogP contribution in [0, 0.1) is 125 Å². The SMILES string of the molecule is Cc1ccc2c(c1)Cc1cc(C)ccc1N2.Cc1ccc2c(c1)Cc1cc(C)ccc1N2.Cc1ccc2c(c1)Cc1cc(C)ccc1N2.Cc1ccc2c(c1)Cc1ccc(C)cc1N2.Cc1ccc2c(c1)Cc1ccc(C)cc1N2.Cc1ccc2c(c1)Nc1ccc(C)cc1O2.Cc1ccc2c(c1)Nc1ccc(C)cc1S2.Cc1ccc2c(c1)Oc1cc(C)ccc1N2.Cc1ccc2c(c1)Sc1cc(C)ccc1N2. The van der Waals surface area contributed by atoms with Gasteiger partial charge in [0.1, 0.15) is 0 Å². The monoisotopic (exact) mass is 1920 g/mol. The summed E-state index contributed by atoms with van der Waals surface area (Å²) in [6, 6.07) is 117. The van der Waals surface area contributed by atoms with Crippen LogP contribution < -0.4 is 57.3 Å². The van der Waals surface area contributed by atoms with Gasteiger partial charge in [0, 0.05) is 109 Å². The summed E-state index contributed by atoms with van der Waals surface area (Å²) in [7, 11) is 0. The van der Waals surface area contributed by atoms with Gasteiger partial charge in [0.05, 0.1) is 45.5 Å². The Balaban J connectivity index is 0.000000103. The molecule has 18 aromatic rings. The lowest BCUT2D eigenvalue weighted by Crippen LogP contribution is -2.07. The highest BCUT2D eigenvalue weighted by molar-refractivity contribution is 8.00. The Kier molecular flexibility index (Phi) is 28.9. The van der Waals surface area contributed by atoms with Crippen LogP contribution in [0.5, 0.6) is 23.0 Å². The predicted octanol–water partition coefficient (Wildman–Crippen LogP) is 37.1. The van der Waals surface area contributed by atoms with E-state index < -0.39 is 0 Å². The van der Waals surface area contributed by atoms with Crippen molar-refractivity contribution in [2.24, 2.45) is 0 Å². The number of fused-ring (bicyclic) bond motifs is 18. The number of anilines is 18. The molecule has 0 saturated carbocycles. The molecular formula is C131H127N9O2S2. The van der Waals surface area contributed by atoms with E-state index in [9.17, 15) is 0 Å². The molecule has 9 aliphatic heterocycles. The third kappa shape index (κ3) is 23.6. The van der Waals surface area contributed by atoms with Crippen molar-refractivity contribution in [3.05, 3.63) is 483 Å². The van der Waals surface area contributed by atoms with Crippen molar-refractivity contribution in [2.75, 3.05) is 47.9 Å². The van der Waals surface area contributed by atoms with Crippen LogP contribution in [0.25, 0.3) is 0 Å². The van der Waals surface area contributed by atoms with Crippen molar-refractivity contribution >= 4 is 126 Å². The molecular weight excluding hydrogens is 1800 g/mol. The highest BCUT2D eigenvalue weighted by atomic mass is 32.2. The maximum atomic E-state index is 5.88. The molecule has 18 aromatic carbocycles. The Morgan fingerprint density at radius 3 is 0.618 bits per heavy atom. The van der Waals surface area contributed by atoms with Crippen LogP contribution in [-0.4, -0.2) is 0 Å². The van der Waals surface area contributed by atoms with Crippen molar-refractivity contribution in [3.63, 3.8) is 0 Å². The van der Waals surface area contributed by atoms with Crippen LogP contribution in [0.1, 0.15) is 156 Å².